The van der Waals surface area contributed by atoms with E-state index in [2.05, 4.69) is 5.32 Å². The molecule has 0 aliphatic heterocycles. The standard InChI is InChI=1S/C12H15NO3S2/c1-17-10-4-2-9(3-5-10)6-18-7-11(12(15)16)13-8-14/h2-5,8,11H,6-7H2,1H3,(H,13,14)(H,15,16). The topological polar surface area (TPSA) is 66.4 Å². The number of rotatable bonds is 8. The second kappa shape index (κ2) is 8.05. The van der Waals surface area contributed by atoms with Gasteiger partial charge in [0.1, 0.15) is 6.04 Å². The van der Waals surface area contributed by atoms with Crippen molar-refractivity contribution in [3.8, 4) is 0 Å². The molecule has 6 heteroatoms. The first-order valence-corrected chi connectivity index (χ1v) is 7.68. The highest BCUT2D eigenvalue weighted by Gasteiger charge is 2.15. The molecule has 1 amide bonds. The first kappa shape index (κ1) is 14.9. The molecular weight excluding hydrogens is 270 g/mol. The quantitative estimate of drug-likeness (QED) is 0.563. The predicted molar refractivity (Wildman–Crippen MR) is 75.0 cm³/mol. The maximum atomic E-state index is 10.8. The van der Waals surface area contributed by atoms with Crippen molar-refractivity contribution in [2.75, 3.05) is 12.0 Å². The lowest BCUT2D eigenvalue weighted by Crippen LogP contribution is -2.37. The van der Waals surface area contributed by atoms with Crippen molar-refractivity contribution in [1.82, 2.24) is 5.32 Å². The van der Waals surface area contributed by atoms with E-state index in [1.807, 2.05) is 30.5 Å². The number of benzene rings is 1. The lowest BCUT2D eigenvalue weighted by atomic mass is 10.2. The Bertz CT molecular complexity index is 395. The monoisotopic (exact) mass is 285 g/mol. The SMILES string of the molecule is CSc1ccc(CSCC(NC=O)C(=O)O)cc1. The summed E-state index contributed by atoms with van der Waals surface area (Å²) in [5, 5.41) is 11.1. The normalized spacial score (nSPS) is 11.8. The van der Waals surface area contributed by atoms with Gasteiger partial charge in [-0.3, -0.25) is 4.79 Å². The van der Waals surface area contributed by atoms with Gasteiger partial charge in [0.15, 0.2) is 0 Å². The van der Waals surface area contributed by atoms with Crippen LogP contribution in [0.1, 0.15) is 5.56 Å². The first-order chi connectivity index (χ1) is 8.67. The fraction of sp³-hybridized carbons (Fsp3) is 0.333. The first-order valence-electron chi connectivity index (χ1n) is 5.30. The molecule has 1 aromatic carbocycles. The number of carbonyl (C=O) groups excluding carboxylic acids is 1. The number of carboxylic acid groups (broad SMARTS) is 1. The molecule has 0 radical (unpaired) electrons. The minimum atomic E-state index is -1.01. The second-order valence-electron chi connectivity index (χ2n) is 3.54. The molecule has 98 valence electrons. The Morgan fingerprint density at radius 2 is 2.11 bits per heavy atom. The van der Waals surface area contributed by atoms with Crippen LogP contribution < -0.4 is 5.32 Å². The number of carbonyl (C=O) groups is 2. The zero-order valence-electron chi connectivity index (χ0n) is 9.96. The lowest BCUT2D eigenvalue weighted by Gasteiger charge is -2.10. The fourth-order valence-electron chi connectivity index (χ4n) is 1.29. The van der Waals surface area contributed by atoms with E-state index < -0.39 is 12.0 Å². The van der Waals surface area contributed by atoms with Gasteiger partial charge >= 0.3 is 5.97 Å². The summed E-state index contributed by atoms with van der Waals surface area (Å²) < 4.78 is 0. The third-order valence-electron chi connectivity index (χ3n) is 2.28. The molecular formula is C12H15NO3S2. The van der Waals surface area contributed by atoms with Crippen LogP contribution in [-0.2, 0) is 15.3 Å². The lowest BCUT2D eigenvalue weighted by molar-refractivity contribution is -0.139. The third kappa shape index (κ3) is 5.01. The van der Waals surface area contributed by atoms with E-state index in [1.165, 1.54) is 16.7 Å². The molecule has 0 heterocycles. The van der Waals surface area contributed by atoms with Gasteiger partial charge in [-0.25, -0.2) is 4.79 Å². The highest BCUT2D eigenvalue weighted by Crippen LogP contribution is 2.18. The number of carboxylic acids is 1. The van der Waals surface area contributed by atoms with Crippen molar-refractivity contribution in [2.24, 2.45) is 0 Å². The van der Waals surface area contributed by atoms with Crippen molar-refractivity contribution in [1.29, 1.82) is 0 Å². The Balaban J connectivity index is 2.39. The van der Waals surface area contributed by atoms with Crippen molar-refractivity contribution < 1.29 is 14.7 Å². The van der Waals surface area contributed by atoms with Crippen LogP contribution in [0.5, 0.6) is 0 Å². The van der Waals surface area contributed by atoms with Gasteiger partial charge in [-0.15, -0.1) is 11.8 Å². The molecule has 0 aliphatic carbocycles. The molecule has 1 rings (SSSR count). The largest absolute Gasteiger partial charge is 0.480 e. The Morgan fingerprint density at radius 1 is 1.44 bits per heavy atom. The minimum absolute atomic E-state index is 0.359. The van der Waals surface area contributed by atoms with E-state index in [0.717, 1.165) is 11.3 Å². The molecule has 0 fully saturated rings. The molecule has 4 nitrogen and oxygen atoms in total. The van der Waals surface area contributed by atoms with E-state index in [9.17, 15) is 9.59 Å². The number of hydrogen-bond acceptors (Lipinski definition) is 4. The van der Waals surface area contributed by atoms with Gasteiger partial charge in [0.05, 0.1) is 0 Å². The van der Waals surface area contributed by atoms with E-state index in [0.29, 0.717) is 12.2 Å². The Labute approximate surface area is 115 Å². The van der Waals surface area contributed by atoms with Crippen LogP contribution in [0.15, 0.2) is 29.2 Å². The van der Waals surface area contributed by atoms with E-state index in [-0.39, 0.29) is 0 Å². The molecule has 0 bridgehead atoms. The Hall–Kier alpha value is -1.14. The van der Waals surface area contributed by atoms with E-state index >= 15 is 0 Å². The van der Waals surface area contributed by atoms with Crippen LogP contribution in [0.2, 0.25) is 0 Å². The summed E-state index contributed by atoms with van der Waals surface area (Å²) >= 11 is 3.17. The molecule has 0 saturated heterocycles. The molecule has 0 aromatic heterocycles. The van der Waals surface area contributed by atoms with Crippen LogP contribution in [0.4, 0.5) is 0 Å². The third-order valence-corrected chi connectivity index (χ3v) is 4.13. The maximum Gasteiger partial charge on any atom is 0.327 e. The van der Waals surface area contributed by atoms with Crippen LogP contribution in [0, 0.1) is 0 Å². The summed E-state index contributed by atoms with van der Waals surface area (Å²) in [4.78, 5) is 22.2. The fourth-order valence-corrected chi connectivity index (χ4v) is 2.72. The van der Waals surface area contributed by atoms with Crippen LogP contribution >= 0.6 is 23.5 Å². The highest BCUT2D eigenvalue weighted by atomic mass is 32.2. The molecule has 0 spiro atoms. The van der Waals surface area contributed by atoms with Crippen molar-refractivity contribution in [2.45, 2.75) is 16.7 Å². The number of amides is 1. The Kier molecular flexibility index (Phi) is 6.67. The second-order valence-corrected chi connectivity index (χ2v) is 5.45. The number of nitrogens with one attached hydrogen (secondary N) is 1. The number of thioether (sulfide) groups is 2. The molecule has 1 aromatic rings. The van der Waals surface area contributed by atoms with Gasteiger partial charge in [-0.2, -0.15) is 11.8 Å². The molecule has 1 atom stereocenters. The smallest absolute Gasteiger partial charge is 0.327 e. The number of aliphatic carboxylic acids is 1. The maximum absolute atomic E-state index is 10.8. The van der Waals surface area contributed by atoms with Crippen molar-refractivity contribution >= 4 is 35.9 Å². The minimum Gasteiger partial charge on any atom is -0.480 e. The predicted octanol–water partition coefficient (Wildman–Crippen LogP) is 1.84. The molecule has 2 N–H and O–H groups in total. The summed E-state index contributed by atoms with van der Waals surface area (Å²) in [6.07, 6.45) is 2.44. The summed E-state index contributed by atoms with van der Waals surface area (Å²) in [6.45, 7) is 0. The van der Waals surface area contributed by atoms with Gasteiger partial charge in [0.2, 0.25) is 6.41 Å². The van der Waals surface area contributed by atoms with Gasteiger partial charge < -0.3 is 10.4 Å². The Morgan fingerprint density at radius 3 is 2.61 bits per heavy atom. The average molecular weight is 285 g/mol. The van der Waals surface area contributed by atoms with Gasteiger partial charge in [-0.05, 0) is 24.0 Å². The van der Waals surface area contributed by atoms with E-state index in [1.54, 1.807) is 11.8 Å². The van der Waals surface area contributed by atoms with Gasteiger partial charge in [0.25, 0.3) is 0 Å². The van der Waals surface area contributed by atoms with Crippen LogP contribution in [0.3, 0.4) is 0 Å². The van der Waals surface area contributed by atoms with Crippen molar-refractivity contribution in [3.63, 3.8) is 0 Å². The summed E-state index contributed by atoms with van der Waals surface area (Å²) in [6, 6.07) is 7.32. The molecule has 1 unspecified atom stereocenters. The van der Waals surface area contributed by atoms with Gasteiger partial charge in [0, 0.05) is 16.4 Å². The molecule has 0 aliphatic rings. The zero-order chi connectivity index (χ0) is 13.4. The van der Waals surface area contributed by atoms with Gasteiger partial charge in [-0.1, -0.05) is 12.1 Å². The van der Waals surface area contributed by atoms with E-state index in [4.69, 9.17) is 5.11 Å². The summed E-state index contributed by atoms with van der Waals surface area (Å²) in [7, 11) is 0. The number of hydrogen-bond donors (Lipinski definition) is 2. The molecule has 0 saturated carbocycles. The zero-order valence-corrected chi connectivity index (χ0v) is 11.6. The summed E-state index contributed by atoms with van der Waals surface area (Å²) in [5.41, 5.74) is 1.15. The van der Waals surface area contributed by atoms with Crippen LogP contribution in [-0.4, -0.2) is 35.5 Å². The van der Waals surface area contributed by atoms with Crippen LogP contribution in [0.25, 0.3) is 0 Å². The summed E-state index contributed by atoms with van der Waals surface area (Å²) in [5.74, 6) is 0.0875. The van der Waals surface area contributed by atoms with Crippen molar-refractivity contribution in [3.05, 3.63) is 29.8 Å². The highest BCUT2D eigenvalue weighted by molar-refractivity contribution is 7.98. The average Bonchev–Trinajstić information content (AvgIpc) is 2.38. The molecule has 18 heavy (non-hydrogen) atoms.